The van der Waals surface area contributed by atoms with E-state index >= 15 is 0 Å². The van der Waals surface area contributed by atoms with Gasteiger partial charge in [0.1, 0.15) is 0 Å². The number of nitrogens with zero attached hydrogens (tertiary/aromatic N) is 3. The van der Waals surface area contributed by atoms with Crippen LogP contribution in [0.3, 0.4) is 0 Å². The Morgan fingerprint density at radius 2 is 2.14 bits per heavy atom. The van der Waals surface area contributed by atoms with E-state index in [0.29, 0.717) is 24.6 Å². The molecule has 2 atom stereocenters. The van der Waals surface area contributed by atoms with Crippen molar-refractivity contribution in [1.82, 2.24) is 15.0 Å². The highest BCUT2D eigenvalue weighted by molar-refractivity contribution is 5.88. The maximum atomic E-state index is 12.0. The first-order chi connectivity index (χ1) is 10.0. The molecule has 2 rings (SSSR count). The first-order valence-corrected chi connectivity index (χ1v) is 7.83. The summed E-state index contributed by atoms with van der Waals surface area (Å²) in [6, 6.07) is -0.0804. The van der Waals surface area contributed by atoms with Gasteiger partial charge in [0, 0.05) is 0 Å². The number of esters is 1. The van der Waals surface area contributed by atoms with Gasteiger partial charge in [0.25, 0.3) is 0 Å². The summed E-state index contributed by atoms with van der Waals surface area (Å²) in [7, 11) is 0. The smallest absolute Gasteiger partial charge is 0.360 e. The zero-order valence-electron chi connectivity index (χ0n) is 13.1. The van der Waals surface area contributed by atoms with Crippen LogP contribution in [0.15, 0.2) is 0 Å². The van der Waals surface area contributed by atoms with E-state index in [-0.39, 0.29) is 6.04 Å². The summed E-state index contributed by atoms with van der Waals surface area (Å²) in [4.78, 5) is 12.0. The highest BCUT2D eigenvalue weighted by atomic mass is 16.5. The zero-order valence-corrected chi connectivity index (χ0v) is 13.1. The maximum absolute atomic E-state index is 12.0. The second-order valence-corrected chi connectivity index (χ2v) is 6.07. The Labute approximate surface area is 125 Å². The fourth-order valence-electron chi connectivity index (χ4n) is 2.89. The van der Waals surface area contributed by atoms with Gasteiger partial charge in [-0.05, 0) is 32.1 Å². The van der Waals surface area contributed by atoms with Gasteiger partial charge in [-0.25, -0.2) is 9.48 Å². The van der Waals surface area contributed by atoms with Gasteiger partial charge in [0.2, 0.25) is 0 Å². The SMILES string of the molecule is CCOC(=O)c1nnn(C2CCCCC2O)c1CC(C)C. The predicted octanol–water partition coefficient (Wildman–Crippen LogP) is 2.13. The van der Waals surface area contributed by atoms with E-state index in [1.807, 2.05) is 0 Å². The van der Waals surface area contributed by atoms with Crippen molar-refractivity contribution >= 4 is 5.97 Å². The van der Waals surface area contributed by atoms with Gasteiger partial charge in [-0.15, -0.1) is 5.10 Å². The number of aromatic nitrogens is 3. The van der Waals surface area contributed by atoms with Crippen molar-refractivity contribution in [3.8, 4) is 0 Å². The third-order valence-electron chi connectivity index (χ3n) is 3.87. The lowest BCUT2D eigenvalue weighted by molar-refractivity contribution is 0.0515. The van der Waals surface area contributed by atoms with Crippen molar-refractivity contribution in [1.29, 1.82) is 0 Å². The summed E-state index contributed by atoms with van der Waals surface area (Å²) in [5, 5.41) is 18.4. The molecule has 0 aliphatic heterocycles. The van der Waals surface area contributed by atoms with E-state index in [1.54, 1.807) is 11.6 Å². The number of ether oxygens (including phenoxy) is 1. The topological polar surface area (TPSA) is 77.2 Å². The van der Waals surface area contributed by atoms with E-state index < -0.39 is 12.1 Å². The lowest BCUT2D eigenvalue weighted by Crippen LogP contribution is -2.30. The molecule has 1 aliphatic carbocycles. The highest BCUT2D eigenvalue weighted by Crippen LogP contribution is 2.30. The number of hydrogen-bond donors (Lipinski definition) is 1. The zero-order chi connectivity index (χ0) is 15.4. The summed E-state index contributed by atoms with van der Waals surface area (Å²) >= 11 is 0. The molecule has 1 N–H and O–H groups in total. The fourth-order valence-corrected chi connectivity index (χ4v) is 2.89. The van der Waals surface area contributed by atoms with Gasteiger partial charge in [0.15, 0.2) is 5.69 Å². The van der Waals surface area contributed by atoms with E-state index in [9.17, 15) is 9.90 Å². The van der Waals surface area contributed by atoms with Gasteiger partial charge in [-0.2, -0.15) is 0 Å². The standard InChI is InChI=1S/C15H25N3O3/c1-4-21-15(20)14-12(9-10(2)3)18(17-16-14)11-7-5-6-8-13(11)19/h10-11,13,19H,4-9H2,1-3H3. The van der Waals surface area contributed by atoms with Crippen molar-refractivity contribution < 1.29 is 14.6 Å². The third kappa shape index (κ3) is 3.61. The highest BCUT2D eigenvalue weighted by Gasteiger charge is 2.30. The largest absolute Gasteiger partial charge is 0.461 e. The summed E-state index contributed by atoms with van der Waals surface area (Å²) in [5.74, 6) is -0.0548. The number of hydrogen-bond acceptors (Lipinski definition) is 5. The number of rotatable bonds is 5. The van der Waals surface area contributed by atoms with Gasteiger partial charge in [0.05, 0.1) is 24.4 Å². The van der Waals surface area contributed by atoms with Crippen LogP contribution >= 0.6 is 0 Å². The Morgan fingerprint density at radius 1 is 1.43 bits per heavy atom. The number of aliphatic hydroxyl groups excluding tert-OH is 1. The molecule has 6 heteroatoms. The molecule has 118 valence electrons. The molecule has 6 nitrogen and oxygen atoms in total. The quantitative estimate of drug-likeness (QED) is 0.842. The molecule has 0 spiro atoms. The summed E-state index contributed by atoms with van der Waals surface area (Å²) < 4.78 is 6.82. The molecule has 0 saturated heterocycles. The lowest BCUT2D eigenvalue weighted by Gasteiger charge is -2.28. The molecule has 0 radical (unpaired) electrons. The second-order valence-electron chi connectivity index (χ2n) is 6.07. The van der Waals surface area contributed by atoms with Crippen LogP contribution in [0.25, 0.3) is 0 Å². The minimum absolute atomic E-state index is 0.0804. The van der Waals surface area contributed by atoms with Gasteiger partial charge in [-0.3, -0.25) is 0 Å². The fraction of sp³-hybridized carbons (Fsp3) is 0.800. The van der Waals surface area contributed by atoms with Gasteiger partial charge >= 0.3 is 5.97 Å². The molecule has 1 saturated carbocycles. The minimum Gasteiger partial charge on any atom is -0.461 e. The van der Waals surface area contributed by atoms with Crippen molar-refractivity contribution in [2.75, 3.05) is 6.61 Å². The average Bonchev–Trinajstić information content (AvgIpc) is 2.82. The monoisotopic (exact) mass is 295 g/mol. The average molecular weight is 295 g/mol. The molecule has 0 bridgehead atoms. The first-order valence-electron chi connectivity index (χ1n) is 7.83. The molecule has 0 aromatic carbocycles. The first kappa shape index (κ1) is 15.9. The minimum atomic E-state index is -0.426. The van der Waals surface area contributed by atoms with Gasteiger partial charge < -0.3 is 9.84 Å². The van der Waals surface area contributed by atoms with Crippen molar-refractivity contribution in [2.24, 2.45) is 5.92 Å². The van der Waals surface area contributed by atoms with Crippen molar-refractivity contribution in [3.63, 3.8) is 0 Å². The van der Waals surface area contributed by atoms with Crippen LogP contribution in [0.5, 0.6) is 0 Å². The summed E-state index contributed by atoms with van der Waals surface area (Å²) in [5.41, 5.74) is 1.08. The second kappa shape index (κ2) is 7.02. The Bertz CT molecular complexity index is 485. The molecule has 1 heterocycles. The molecule has 0 amide bonds. The number of aliphatic hydroxyl groups is 1. The number of carbonyl (C=O) groups excluding carboxylic acids is 1. The molecule has 1 aliphatic rings. The van der Waals surface area contributed by atoms with Crippen LogP contribution in [-0.2, 0) is 11.2 Å². The van der Waals surface area contributed by atoms with Crippen LogP contribution in [0, 0.1) is 5.92 Å². The summed E-state index contributed by atoms with van der Waals surface area (Å²) in [6.07, 6.45) is 4.04. The van der Waals surface area contributed by atoms with E-state index in [0.717, 1.165) is 31.4 Å². The lowest BCUT2D eigenvalue weighted by atomic mass is 9.92. The Kier molecular flexibility index (Phi) is 5.33. The molecule has 21 heavy (non-hydrogen) atoms. The Morgan fingerprint density at radius 3 is 2.76 bits per heavy atom. The third-order valence-corrected chi connectivity index (χ3v) is 3.87. The molecule has 1 aromatic heterocycles. The maximum Gasteiger partial charge on any atom is 0.360 e. The molecular formula is C15H25N3O3. The summed E-state index contributed by atoms with van der Waals surface area (Å²) in [6.45, 7) is 6.27. The van der Waals surface area contributed by atoms with E-state index in [1.165, 1.54) is 0 Å². The van der Waals surface area contributed by atoms with E-state index in [4.69, 9.17) is 4.74 Å². The predicted molar refractivity (Wildman–Crippen MR) is 78.0 cm³/mol. The van der Waals surface area contributed by atoms with Crippen LogP contribution < -0.4 is 0 Å². The molecular weight excluding hydrogens is 270 g/mol. The van der Waals surface area contributed by atoms with Crippen LogP contribution in [0.2, 0.25) is 0 Å². The van der Waals surface area contributed by atoms with Crippen molar-refractivity contribution in [2.45, 2.75) is 65.0 Å². The Balaban J connectivity index is 2.33. The molecule has 2 unspecified atom stereocenters. The number of carbonyl (C=O) groups is 1. The molecule has 1 fully saturated rings. The van der Waals surface area contributed by atoms with Crippen LogP contribution in [-0.4, -0.2) is 38.8 Å². The van der Waals surface area contributed by atoms with Crippen LogP contribution in [0.1, 0.15) is 68.7 Å². The van der Waals surface area contributed by atoms with Crippen molar-refractivity contribution in [3.05, 3.63) is 11.4 Å². The molecule has 1 aromatic rings. The van der Waals surface area contributed by atoms with Crippen LogP contribution in [0.4, 0.5) is 0 Å². The van der Waals surface area contributed by atoms with E-state index in [2.05, 4.69) is 24.2 Å². The normalized spacial score (nSPS) is 22.5. The van der Waals surface area contributed by atoms with Gasteiger partial charge in [-0.1, -0.05) is 31.9 Å². The Hall–Kier alpha value is -1.43.